The summed E-state index contributed by atoms with van der Waals surface area (Å²) in [5.74, 6) is 1.34. The number of hydrogen-bond donors (Lipinski definition) is 1. The number of carbonyl (C=O) groups is 2. The summed E-state index contributed by atoms with van der Waals surface area (Å²) < 4.78 is 20.1. The average molecular weight is 515 g/mol. The number of nitrogens with zero attached hydrogens (tertiary/aromatic N) is 3. The van der Waals surface area contributed by atoms with Gasteiger partial charge in [0, 0.05) is 18.0 Å². The van der Waals surface area contributed by atoms with Crippen molar-refractivity contribution in [3.05, 3.63) is 84.0 Å². The van der Waals surface area contributed by atoms with Crippen molar-refractivity contribution in [2.24, 2.45) is 0 Å². The van der Waals surface area contributed by atoms with Gasteiger partial charge in [0.25, 0.3) is 0 Å². The summed E-state index contributed by atoms with van der Waals surface area (Å²) in [7, 11) is 0. The van der Waals surface area contributed by atoms with Crippen LogP contribution in [0.2, 0.25) is 0 Å². The summed E-state index contributed by atoms with van der Waals surface area (Å²) in [5, 5.41) is 11.9. The van der Waals surface area contributed by atoms with E-state index in [0.717, 1.165) is 23.6 Å². The van der Waals surface area contributed by atoms with Crippen LogP contribution < -0.4 is 5.32 Å². The van der Waals surface area contributed by atoms with Crippen LogP contribution in [0.15, 0.2) is 66.3 Å². The normalized spacial score (nSPS) is 10.7. The molecular formula is C25H27FN4O3S2. The smallest absolute Gasteiger partial charge is 0.338 e. The number of aromatic nitrogens is 3. The van der Waals surface area contributed by atoms with Gasteiger partial charge in [0.2, 0.25) is 5.91 Å². The standard InChI is InChI=1S/C25H27FN4O3S2/c1-3-12-30-22(16-34-15-18-8-10-20(26)11-9-18)28-29-25(30)35-17-23(31)27-21-7-5-6-19(14-21)24(32)33-13-4-2/h3,5-11,14H,1,4,12-13,15-17H2,2H3,(H,27,31). The molecule has 184 valence electrons. The number of ether oxygens (including phenoxy) is 1. The van der Waals surface area contributed by atoms with Crippen molar-refractivity contribution >= 4 is 41.1 Å². The lowest BCUT2D eigenvalue weighted by Gasteiger charge is -2.09. The largest absolute Gasteiger partial charge is 0.462 e. The van der Waals surface area contributed by atoms with E-state index in [2.05, 4.69) is 22.1 Å². The quantitative estimate of drug-likeness (QED) is 0.187. The highest BCUT2D eigenvalue weighted by atomic mass is 32.2. The van der Waals surface area contributed by atoms with E-state index in [1.54, 1.807) is 54.2 Å². The first-order valence-corrected chi connectivity index (χ1v) is 13.2. The molecule has 0 fully saturated rings. The number of thioether (sulfide) groups is 2. The molecule has 0 saturated carbocycles. The number of amides is 1. The second-order valence-corrected chi connectivity index (χ2v) is 9.40. The Bertz CT molecular complexity index is 1150. The maximum atomic E-state index is 13.1. The first kappa shape index (κ1) is 26.5. The molecule has 1 aromatic heterocycles. The van der Waals surface area contributed by atoms with Crippen LogP contribution in [0.4, 0.5) is 10.1 Å². The minimum Gasteiger partial charge on any atom is -0.462 e. The molecule has 0 atom stereocenters. The highest BCUT2D eigenvalue weighted by molar-refractivity contribution is 7.99. The second-order valence-electron chi connectivity index (χ2n) is 7.47. The zero-order valence-electron chi connectivity index (χ0n) is 19.4. The van der Waals surface area contributed by atoms with Gasteiger partial charge < -0.3 is 14.6 Å². The molecule has 7 nitrogen and oxygen atoms in total. The highest BCUT2D eigenvalue weighted by Crippen LogP contribution is 2.22. The zero-order valence-corrected chi connectivity index (χ0v) is 21.0. The summed E-state index contributed by atoms with van der Waals surface area (Å²) in [6, 6.07) is 13.1. The topological polar surface area (TPSA) is 86.1 Å². The fourth-order valence-electron chi connectivity index (χ4n) is 3.01. The van der Waals surface area contributed by atoms with Gasteiger partial charge in [-0.25, -0.2) is 9.18 Å². The Morgan fingerprint density at radius 2 is 1.97 bits per heavy atom. The van der Waals surface area contributed by atoms with Crippen LogP contribution in [-0.4, -0.2) is 39.0 Å². The van der Waals surface area contributed by atoms with E-state index >= 15 is 0 Å². The van der Waals surface area contributed by atoms with Crippen molar-refractivity contribution in [1.82, 2.24) is 14.8 Å². The molecule has 0 saturated heterocycles. The molecule has 0 aliphatic carbocycles. The summed E-state index contributed by atoms with van der Waals surface area (Å²) in [6.07, 6.45) is 2.50. The van der Waals surface area contributed by atoms with E-state index in [1.807, 2.05) is 11.5 Å². The number of rotatable bonds is 13. The van der Waals surface area contributed by atoms with Gasteiger partial charge in [-0.1, -0.05) is 43.0 Å². The van der Waals surface area contributed by atoms with Crippen molar-refractivity contribution in [2.45, 2.75) is 36.6 Å². The number of carbonyl (C=O) groups excluding carboxylic acids is 2. The minimum atomic E-state index is -0.417. The lowest BCUT2D eigenvalue weighted by molar-refractivity contribution is -0.113. The number of benzene rings is 2. The zero-order chi connectivity index (χ0) is 25.0. The van der Waals surface area contributed by atoms with Crippen molar-refractivity contribution in [3.63, 3.8) is 0 Å². The van der Waals surface area contributed by atoms with Crippen LogP contribution in [0.1, 0.15) is 35.1 Å². The molecule has 2 aromatic carbocycles. The van der Waals surface area contributed by atoms with E-state index < -0.39 is 5.97 Å². The Morgan fingerprint density at radius 1 is 1.17 bits per heavy atom. The fraction of sp³-hybridized carbons (Fsp3) is 0.280. The van der Waals surface area contributed by atoms with Crippen LogP contribution >= 0.6 is 23.5 Å². The van der Waals surface area contributed by atoms with Gasteiger partial charge in [0.15, 0.2) is 5.16 Å². The summed E-state index contributed by atoms with van der Waals surface area (Å²) in [4.78, 5) is 24.6. The fourth-order valence-corrected chi connectivity index (χ4v) is 4.71. The Morgan fingerprint density at radius 3 is 2.71 bits per heavy atom. The first-order chi connectivity index (χ1) is 17.0. The van der Waals surface area contributed by atoms with Crippen LogP contribution in [0.3, 0.4) is 0 Å². The van der Waals surface area contributed by atoms with Gasteiger partial charge in [-0.3, -0.25) is 4.79 Å². The number of anilines is 1. The van der Waals surface area contributed by atoms with Gasteiger partial charge in [0.1, 0.15) is 11.6 Å². The van der Waals surface area contributed by atoms with Crippen molar-refractivity contribution < 1.29 is 18.7 Å². The summed E-state index contributed by atoms with van der Waals surface area (Å²) in [6.45, 7) is 6.60. The molecule has 0 spiro atoms. The second kappa shape index (κ2) is 13.7. The monoisotopic (exact) mass is 514 g/mol. The Balaban J connectivity index is 1.54. The van der Waals surface area contributed by atoms with E-state index in [1.165, 1.54) is 23.9 Å². The van der Waals surface area contributed by atoms with Crippen LogP contribution in [0, 0.1) is 5.82 Å². The van der Waals surface area contributed by atoms with Gasteiger partial charge in [-0.2, -0.15) is 0 Å². The molecule has 3 rings (SSSR count). The van der Waals surface area contributed by atoms with E-state index in [-0.39, 0.29) is 17.5 Å². The summed E-state index contributed by atoms with van der Waals surface area (Å²) >= 11 is 2.92. The van der Waals surface area contributed by atoms with Gasteiger partial charge >= 0.3 is 5.97 Å². The van der Waals surface area contributed by atoms with E-state index in [9.17, 15) is 14.0 Å². The number of nitrogens with one attached hydrogen (secondary N) is 1. The lowest BCUT2D eigenvalue weighted by atomic mass is 10.2. The maximum absolute atomic E-state index is 13.1. The Kier molecular flexibility index (Phi) is 10.4. The van der Waals surface area contributed by atoms with E-state index in [4.69, 9.17) is 4.74 Å². The molecule has 0 bridgehead atoms. The number of esters is 1. The molecule has 3 aromatic rings. The molecule has 35 heavy (non-hydrogen) atoms. The minimum absolute atomic E-state index is 0.127. The van der Waals surface area contributed by atoms with Crippen molar-refractivity contribution in [1.29, 1.82) is 0 Å². The third kappa shape index (κ3) is 8.25. The third-order valence-electron chi connectivity index (χ3n) is 4.67. The molecule has 1 amide bonds. The molecule has 0 radical (unpaired) electrons. The number of halogens is 1. The molecule has 0 aliphatic heterocycles. The Labute approximate surface area is 212 Å². The molecule has 0 unspecified atom stereocenters. The maximum Gasteiger partial charge on any atom is 0.338 e. The molecule has 0 aliphatic rings. The predicted molar refractivity (Wildman–Crippen MR) is 138 cm³/mol. The summed E-state index contributed by atoms with van der Waals surface area (Å²) in [5.41, 5.74) is 1.93. The van der Waals surface area contributed by atoms with E-state index in [0.29, 0.717) is 35.3 Å². The molecule has 10 heteroatoms. The molecular weight excluding hydrogens is 487 g/mol. The van der Waals surface area contributed by atoms with Gasteiger partial charge in [0.05, 0.1) is 23.7 Å². The van der Waals surface area contributed by atoms with Crippen LogP contribution in [-0.2, 0) is 27.6 Å². The highest BCUT2D eigenvalue weighted by Gasteiger charge is 2.14. The Hall–Kier alpha value is -3.11. The first-order valence-electron chi connectivity index (χ1n) is 11.0. The SMILES string of the molecule is C=CCn1c(CSCc2ccc(F)cc2)nnc1SCC(=O)Nc1cccc(C(=O)OCCC)c1. The van der Waals surface area contributed by atoms with Gasteiger partial charge in [-0.05, 0) is 42.3 Å². The molecule has 1 N–H and O–H groups in total. The number of allylic oxidation sites excluding steroid dienone is 1. The van der Waals surface area contributed by atoms with Gasteiger partial charge in [-0.15, -0.1) is 28.5 Å². The lowest BCUT2D eigenvalue weighted by Crippen LogP contribution is -2.15. The average Bonchev–Trinajstić information content (AvgIpc) is 3.24. The predicted octanol–water partition coefficient (Wildman–Crippen LogP) is 5.33. The van der Waals surface area contributed by atoms with Crippen molar-refractivity contribution in [2.75, 3.05) is 17.7 Å². The molecule has 1 heterocycles. The van der Waals surface area contributed by atoms with Crippen LogP contribution in [0.5, 0.6) is 0 Å². The third-order valence-corrected chi connectivity index (χ3v) is 6.64. The van der Waals surface area contributed by atoms with Crippen molar-refractivity contribution in [3.8, 4) is 0 Å². The van der Waals surface area contributed by atoms with Crippen LogP contribution in [0.25, 0.3) is 0 Å². The number of hydrogen-bond acceptors (Lipinski definition) is 7.